The van der Waals surface area contributed by atoms with Crippen molar-refractivity contribution in [2.45, 2.75) is 13.0 Å². The molecule has 27 heavy (non-hydrogen) atoms. The quantitative estimate of drug-likeness (QED) is 0.457. The van der Waals surface area contributed by atoms with Gasteiger partial charge < -0.3 is 20.8 Å². The number of halogens is 2. The minimum atomic E-state index is -0.223. The minimum Gasteiger partial charge on any atom is -0.505 e. The van der Waals surface area contributed by atoms with E-state index in [-0.39, 0.29) is 28.4 Å². The first-order valence-corrected chi connectivity index (χ1v) is 8.83. The summed E-state index contributed by atoms with van der Waals surface area (Å²) in [5.41, 5.74) is 2.01. The summed E-state index contributed by atoms with van der Waals surface area (Å²) >= 11 is 12.0. The molecule has 0 spiro atoms. The van der Waals surface area contributed by atoms with Gasteiger partial charge in [0.25, 0.3) is 0 Å². The van der Waals surface area contributed by atoms with Crippen molar-refractivity contribution in [2.24, 2.45) is 0 Å². The molecule has 1 atom stereocenters. The number of phenolic OH excluding ortho intramolecular Hbond substituents is 1. The Labute approximate surface area is 166 Å². The normalized spacial score (nSPS) is 11.9. The van der Waals surface area contributed by atoms with Crippen molar-refractivity contribution in [1.29, 1.82) is 0 Å². The average Bonchev–Trinajstić information content (AvgIpc) is 2.66. The van der Waals surface area contributed by atoms with Crippen molar-refractivity contribution in [3.05, 3.63) is 52.8 Å². The Morgan fingerprint density at radius 1 is 1.15 bits per heavy atom. The topological polar surface area (TPSA) is 103 Å². The lowest BCUT2D eigenvalue weighted by Crippen LogP contribution is -2.21. The number of aromatic hydroxyl groups is 1. The summed E-state index contributed by atoms with van der Waals surface area (Å²) in [6.45, 7) is 1.75. The summed E-state index contributed by atoms with van der Waals surface area (Å²) in [6, 6.07) is 8.30. The van der Waals surface area contributed by atoms with Crippen molar-refractivity contribution in [3.63, 3.8) is 0 Å². The molecule has 0 bridgehead atoms. The summed E-state index contributed by atoms with van der Waals surface area (Å²) in [7, 11) is 0. The Morgan fingerprint density at radius 3 is 2.52 bits per heavy atom. The SMILES string of the molecule is C[C@H](CO)Nc1nc(Nc2cc(Cl)c(O)c(Cl)c2)cc(-c2cccnc2)n1. The van der Waals surface area contributed by atoms with Crippen molar-refractivity contribution >= 4 is 40.7 Å². The lowest BCUT2D eigenvalue weighted by Gasteiger charge is -2.14. The lowest BCUT2D eigenvalue weighted by atomic mass is 10.2. The number of phenols is 1. The molecule has 0 aliphatic rings. The molecular formula is C18H17Cl2N5O2. The van der Waals surface area contributed by atoms with Crippen LogP contribution in [-0.2, 0) is 0 Å². The number of benzene rings is 1. The average molecular weight is 406 g/mol. The van der Waals surface area contributed by atoms with Crippen molar-refractivity contribution < 1.29 is 10.2 Å². The first-order valence-electron chi connectivity index (χ1n) is 8.08. The van der Waals surface area contributed by atoms with E-state index in [2.05, 4.69) is 25.6 Å². The summed E-state index contributed by atoms with van der Waals surface area (Å²) in [5.74, 6) is 0.646. The van der Waals surface area contributed by atoms with Crippen LogP contribution in [0.25, 0.3) is 11.3 Å². The van der Waals surface area contributed by atoms with Crippen LogP contribution in [0, 0.1) is 0 Å². The monoisotopic (exact) mass is 405 g/mol. The van der Waals surface area contributed by atoms with Crippen LogP contribution >= 0.6 is 23.2 Å². The first kappa shape index (κ1) is 19.2. The van der Waals surface area contributed by atoms with E-state index in [1.165, 1.54) is 12.1 Å². The van der Waals surface area contributed by atoms with Gasteiger partial charge in [0.2, 0.25) is 5.95 Å². The second kappa shape index (κ2) is 8.39. The Balaban J connectivity index is 1.99. The predicted octanol–water partition coefficient (Wildman–Crippen LogP) is 4.09. The number of hydrogen-bond acceptors (Lipinski definition) is 7. The van der Waals surface area contributed by atoms with Gasteiger partial charge >= 0.3 is 0 Å². The molecule has 7 nitrogen and oxygen atoms in total. The molecule has 4 N–H and O–H groups in total. The molecule has 2 heterocycles. The number of aliphatic hydroxyl groups excluding tert-OH is 1. The molecule has 0 saturated carbocycles. The van der Waals surface area contributed by atoms with Crippen LogP contribution < -0.4 is 10.6 Å². The number of rotatable bonds is 6. The van der Waals surface area contributed by atoms with Gasteiger partial charge in [-0.05, 0) is 31.2 Å². The van der Waals surface area contributed by atoms with Crippen molar-refractivity contribution in [1.82, 2.24) is 15.0 Å². The van der Waals surface area contributed by atoms with E-state index in [1.54, 1.807) is 18.5 Å². The van der Waals surface area contributed by atoms with Gasteiger partial charge in [-0.15, -0.1) is 0 Å². The van der Waals surface area contributed by atoms with Gasteiger partial charge in [0.1, 0.15) is 5.82 Å². The third-order valence-corrected chi connectivity index (χ3v) is 4.20. The molecule has 1 aromatic carbocycles. The highest BCUT2D eigenvalue weighted by atomic mass is 35.5. The highest BCUT2D eigenvalue weighted by Gasteiger charge is 2.11. The van der Waals surface area contributed by atoms with Gasteiger partial charge in [0.15, 0.2) is 5.75 Å². The van der Waals surface area contributed by atoms with Crippen LogP contribution in [-0.4, -0.2) is 37.8 Å². The number of nitrogens with zero attached hydrogens (tertiary/aromatic N) is 3. The van der Waals surface area contributed by atoms with Crippen LogP contribution in [0.3, 0.4) is 0 Å². The maximum atomic E-state index is 9.70. The van der Waals surface area contributed by atoms with E-state index in [1.807, 2.05) is 19.1 Å². The third-order valence-electron chi connectivity index (χ3n) is 3.62. The van der Waals surface area contributed by atoms with Gasteiger partial charge in [-0.25, -0.2) is 4.98 Å². The molecule has 0 saturated heterocycles. The Hall–Kier alpha value is -2.61. The van der Waals surface area contributed by atoms with Crippen LogP contribution in [0.15, 0.2) is 42.7 Å². The highest BCUT2D eigenvalue weighted by Crippen LogP contribution is 2.35. The maximum absolute atomic E-state index is 9.70. The fourth-order valence-electron chi connectivity index (χ4n) is 2.29. The second-order valence-corrected chi connectivity index (χ2v) is 6.66. The number of pyridine rings is 1. The van der Waals surface area contributed by atoms with Crippen LogP contribution in [0.5, 0.6) is 5.75 Å². The van der Waals surface area contributed by atoms with E-state index >= 15 is 0 Å². The summed E-state index contributed by atoms with van der Waals surface area (Å²) < 4.78 is 0. The third kappa shape index (κ3) is 4.77. The summed E-state index contributed by atoms with van der Waals surface area (Å²) in [6.07, 6.45) is 3.37. The van der Waals surface area contributed by atoms with Crippen molar-refractivity contribution in [3.8, 4) is 17.0 Å². The van der Waals surface area contributed by atoms with Gasteiger partial charge in [-0.3, -0.25) is 4.98 Å². The zero-order chi connectivity index (χ0) is 19.4. The molecule has 140 valence electrons. The van der Waals surface area contributed by atoms with Crippen LogP contribution in [0.4, 0.5) is 17.5 Å². The predicted molar refractivity (Wildman–Crippen MR) is 107 cm³/mol. The molecule has 0 radical (unpaired) electrons. The van der Waals surface area contributed by atoms with Gasteiger partial charge in [0, 0.05) is 35.8 Å². The number of nitrogens with one attached hydrogen (secondary N) is 2. The molecule has 9 heteroatoms. The maximum Gasteiger partial charge on any atom is 0.225 e. The fraction of sp³-hybridized carbons (Fsp3) is 0.167. The molecule has 3 aromatic rings. The number of anilines is 3. The largest absolute Gasteiger partial charge is 0.505 e. The number of aliphatic hydroxyl groups is 1. The van der Waals surface area contributed by atoms with Crippen molar-refractivity contribution in [2.75, 3.05) is 17.2 Å². The number of aromatic nitrogens is 3. The smallest absolute Gasteiger partial charge is 0.225 e. The van der Waals surface area contributed by atoms with Crippen LogP contribution in [0.2, 0.25) is 10.0 Å². The first-order chi connectivity index (χ1) is 13.0. The highest BCUT2D eigenvalue weighted by molar-refractivity contribution is 6.37. The Kier molecular flexibility index (Phi) is 5.95. The molecular weight excluding hydrogens is 389 g/mol. The Morgan fingerprint density at radius 2 is 1.89 bits per heavy atom. The molecule has 0 aliphatic heterocycles. The lowest BCUT2D eigenvalue weighted by molar-refractivity contribution is 0.281. The molecule has 3 rings (SSSR count). The fourth-order valence-corrected chi connectivity index (χ4v) is 2.78. The zero-order valence-electron chi connectivity index (χ0n) is 14.3. The Bertz CT molecular complexity index is 917. The molecule has 0 aliphatic carbocycles. The van der Waals surface area contributed by atoms with E-state index in [9.17, 15) is 10.2 Å². The molecule has 0 amide bonds. The standard InChI is InChI=1S/C18H17Cl2N5O2/c1-10(9-26)22-18-24-15(11-3-2-4-21-8-11)7-16(25-18)23-12-5-13(19)17(27)14(20)6-12/h2-8,10,26-27H,9H2,1H3,(H2,22,23,24,25)/t10-/m1/s1. The zero-order valence-corrected chi connectivity index (χ0v) is 15.8. The number of hydrogen-bond donors (Lipinski definition) is 4. The molecule has 2 aromatic heterocycles. The second-order valence-electron chi connectivity index (χ2n) is 5.85. The molecule has 0 fully saturated rings. The summed E-state index contributed by atoms with van der Waals surface area (Å²) in [5, 5.41) is 25.4. The molecule has 0 unspecified atom stereocenters. The summed E-state index contributed by atoms with van der Waals surface area (Å²) in [4.78, 5) is 13.0. The van der Waals surface area contributed by atoms with Gasteiger partial charge in [-0.2, -0.15) is 4.98 Å². The van der Waals surface area contributed by atoms with E-state index in [4.69, 9.17) is 23.2 Å². The minimum absolute atomic E-state index is 0.0631. The van der Waals surface area contributed by atoms with Gasteiger partial charge in [-0.1, -0.05) is 23.2 Å². The van der Waals surface area contributed by atoms with E-state index < -0.39 is 0 Å². The van der Waals surface area contributed by atoms with Gasteiger partial charge in [0.05, 0.1) is 22.3 Å². The van der Waals surface area contributed by atoms with E-state index in [0.717, 1.165) is 5.56 Å². The van der Waals surface area contributed by atoms with E-state index in [0.29, 0.717) is 23.1 Å². The van der Waals surface area contributed by atoms with Crippen LogP contribution in [0.1, 0.15) is 6.92 Å².